The number of anilines is 1. The molecule has 0 amide bonds. The Balaban J connectivity index is 0.000000294. The smallest absolute Gasteiger partial charge is 0.157 e. The van der Waals surface area contributed by atoms with E-state index in [0.717, 1.165) is 6.54 Å². The Morgan fingerprint density at radius 1 is 1.23 bits per heavy atom. The van der Waals surface area contributed by atoms with Gasteiger partial charge in [-0.3, -0.25) is 4.79 Å². The van der Waals surface area contributed by atoms with Crippen molar-refractivity contribution < 1.29 is 9.53 Å². The number of aryl methyl sites for hydroxylation is 1. The molecule has 0 saturated heterocycles. The van der Waals surface area contributed by atoms with Gasteiger partial charge in [-0.25, -0.2) is 0 Å². The standard InChI is InChI=1S/C15H21N.C8H10O2/c1-12-5-7-14(8-6-12)16-10-9-15(3,4)13(2)11-16;1-3-5-8(4-2)10-7-6-9/h5-8,11H,9-10H2,1-4H3;3-6H,1-2,7H2/b;8-5+. The van der Waals surface area contributed by atoms with Crippen molar-refractivity contribution in [3.05, 3.63) is 78.7 Å². The van der Waals surface area contributed by atoms with E-state index in [0.29, 0.717) is 17.5 Å². The van der Waals surface area contributed by atoms with Crippen LogP contribution in [0.15, 0.2) is 73.2 Å². The lowest BCUT2D eigenvalue weighted by atomic mass is 9.80. The second kappa shape index (κ2) is 10.4. The number of ether oxygens (including phenoxy) is 1. The summed E-state index contributed by atoms with van der Waals surface area (Å²) in [7, 11) is 0. The number of nitrogens with zero attached hydrogens (tertiary/aromatic N) is 1. The summed E-state index contributed by atoms with van der Waals surface area (Å²) in [4.78, 5) is 12.2. The van der Waals surface area contributed by atoms with E-state index in [1.54, 1.807) is 12.2 Å². The van der Waals surface area contributed by atoms with Crippen LogP contribution < -0.4 is 4.90 Å². The SMILES string of the molecule is C=C/C=C(\C=C)OCC=O.CC1=CN(c2ccc(C)cc2)CCC1(C)C. The third-order valence-corrected chi connectivity index (χ3v) is 4.56. The number of hydrogen-bond donors (Lipinski definition) is 0. The van der Waals surface area contributed by atoms with Gasteiger partial charge >= 0.3 is 0 Å². The van der Waals surface area contributed by atoms with Crippen LogP contribution in [0.25, 0.3) is 0 Å². The number of benzene rings is 1. The Morgan fingerprint density at radius 3 is 2.38 bits per heavy atom. The van der Waals surface area contributed by atoms with Gasteiger partial charge in [-0.05, 0) is 50.0 Å². The molecular weight excluding hydrogens is 322 g/mol. The minimum absolute atomic E-state index is 0.0612. The van der Waals surface area contributed by atoms with Crippen molar-refractivity contribution in [3.63, 3.8) is 0 Å². The molecule has 0 N–H and O–H groups in total. The highest BCUT2D eigenvalue weighted by molar-refractivity contribution is 5.52. The predicted octanol–water partition coefficient (Wildman–Crippen LogP) is 5.59. The van der Waals surface area contributed by atoms with Crippen LogP contribution in [0.4, 0.5) is 5.69 Å². The summed E-state index contributed by atoms with van der Waals surface area (Å²) in [5, 5.41) is 0. The fourth-order valence-electron chi connectivity index (χ4n) is 2.43. The molecule has 0 unspecified atom stereocenters. The number of carbonyl (C=O) groups excluding carboxylic acids is 1. The Bertz CT molecular complexity index is 666. The van der Waals surface area contributed by atoms with Gasteiger partial charge < -0.3 is 9.64 Å². The summed E-state index contributed by atoms with van der Waals surface area (Å²) in [5.41, 5.74) is 4.46. The first-order chi connectivity index (χ1) is 12.3. The highest BCUT2D eigenvalue weighted by atomic mass is 16.5. The van der Waals surface area contributed by atoms with Crippen LogP contribution in [0.5, 0.6) is 0 Å². The maximum absolute atomic E-state index is 9.82. The van der Waals surface area contributed by atoms with E-state index in [9.17, 15) is 4.79 Å². The van der Waals surface area contributed by atoms with Crippen molar-refractivity contribution in [3.8, 4) is 0 Å². The fourth-order valence-corrected chi connectivity index (χ4v) is 2.43. The maximum Gasteiger partial charge on any atom is 0.157 e. The lowest BCUT2D eigenvalue weighted by Gasteiger charge is -2.36. The van der Waals surface area contributed by atoms with Crippen LogP contribution in [-0.4, -0.2) is 19.4 Å². The van der Waals surface area contributed by atoms with Gasteiger partial charge in [0.15, 0.2) is 6.29 Å². The van der Waals surface area contributed by atoms with Gasteiger partial charge in [0.05, 0.1) is 0 Å². The summed E-state index contributed by atoms with van der Waals surface area (Å²) in [6.07, 6.45) is 8.93. The molecule has 3 nitrogen and oxygen atoms in total. The van der Waals surface area contributed by atoms with Crippen molar-refractivity contribution in [1.29, 1.82) is 0 Å². The van der Waals surface area contributed by atoms with Crippen LogP contribution in [0.3, 0.4) is 0 Å². The highest BCUT2D eigenvalue weighted by Crippen LogP contribution is 2.35. The first kappa shape index (κ1) is 21.5. The molecule has 0 fully saturated rings. The summed E-state index contributed by atoms with van der Waals surface area (Å²) >= 11 is 0. The molecule has 140 valence electrons. The van der Waals surface area contributed by atoms with Crippen molar-refractivity contribution in [2.24, 2.45) is 5.41 Å². The van der Waals surface area contributed by atoms with Crippen molar-refractivity contribution in [2.45, 2.75) is 34.1 Å². The summed E-state index contributed by atoms with van der Waals surface area (Å²) in [6, 6.07) is 8.77. The van der Waals surface area contributed by atoms with Crippen LogP contribution in [0.1, 0.15) is 32.8 Å². The van der Waals surface area contributed by atoms with Gasteiger partial charge in [-0.1, -0.05) is 56.4 Å². The second-order valence-electron chi connectivity index (χ2n) is 6.96. The number of allylic oxidation sites excluding steroid dienone is 4. The van der Waals surface area contributed by atoms with Gasteiger partial charge in [0.25, 0.3) is 0 Å². The van der Waals surface area contributed by atoms with E-state index < -0.39 is 0 Å². The average molecular weight is 354 g/mol. The fraction of sp³-hybridized carbons (Fsp3) is 0.348. The van der Waals surface area contributed by atoms with Gasteiger partial charge in [-0.15, -0.1) is 0 Å². The zero-order valence-electron chi connectivity index (χ0n) is 16.5. The summed E-state index contributed by atoms with van der Waals surface area (Å²) in [6.45, 7) is 17.1. The monoisotopic (exact) mass is 353 g/mol. The van der Waals surface area contributed by atoms with Gasteiger partial charge in [0.2, 0.25) is 0 Å². The molecule has 26 heavy (non-hydrogen) atoms. The van der Waals surface area contributed by atoms with Crippen LogP contribution >= 0.6 is 0 Å². The number of carbonyl (C=O) groups is 1. The zero-order valence-corrected chi connectivity index (χ0v) is 16.5. The second-order valence-corrected chi connectivity index (χ2v) is 6.96. The van der Waals surface area contributed by atoms with Gasteiger partial charge in [0, 0.05) is 18.4 Å². The Labute approximate surface area is 158 Å². The predicted molar refractivity (Wildman–Crippen MR) is 111 cm³/mol. The quantitative estimate of drug-likeness (QED) is 0.379. The van der Waals surface area contributed by atoms with Gasteiger partial charge in [-0.2, -0.15) is 0 Å². The summed E-state index contributed by atoms with van der Waals surface area (Å²) in [5.74, 6) is 0.558. The minimum Gasteiger partial charge on any atom is -0.486 e. The first-order valence-electron chi connectivity index (χ1n) is 8.88. The molecule has 2 rings (SSSR count). The molecule has 0 aromatic heterocycles. The normalized spacial score (nSPS) is 15.9. The Kier molecular flexibility index (Phi) is 8.63. The lowest BCUT2D eigenvalue weighted by Crippen LogP contribution is -2.31. The number of aldehydes is 1. The number of hydrogen-bond acceptors (Lipinski definition) is 3. The molecule has 0 radical (unpaired) electrons. The van der Waals surface area contributed by atoms with Gasteiger partial charge in [0.1, 0.15) is 12.4 Å². The third kappa shape index (κ3) is 6.75. The molecule has 0 spiro atoms. The molecular formula is C23H31NO2. The topological polar surface area (TPSA) is 29.5 Å². The van der Waals surface area contributed by atoms with E-state index in [1.165, 1.54) is 29.3 Å². The molecule has 1 heterocycles. The van der Waals surface area contributed by atoms with E-state index in [-0.39, 0.29) is 6.61 Å². The van der Waals surface area contributed by atoms with E-state index >= 15 is 0 Å². The number of rotatable bonds is 6. The highest BCUT2D eigenvalue weighted by Gasteiger charge is 2.25. The van der Waals surface area contributed by atoms with Crippen molar-refractivity contribution in [1.82, 2.24) is 0 Å². The van der Waals surface area contributed by atoms with Crippen LogP contribution in [0.2, 0.25) is 0 Å². The van der Waals surface area contributed by atoms with Crippen molar-refractivity contribution in [2.75, 3.05) is 18.1 Å². The van der Waals surface area contributed by atoms with E-state index in [1.807, 2.05) is 0 Å². The van der Waals surface area contributed by atoms with Crippen molar-refractivity contribution >= 4 is 12.0 Å². The third-order valence-electron chi connectivity index (χ3n) is 4.56. The molecule has 0 bridgehead atoms. The molecule has 1 aromatic carbocycles. The van der Waals surface area contributed by atoms with E-state index in [2.05, 4.69) is 76.2 Å². The molecule has 1 aromatic rings. The van der Waals surface area contributed by atoms with Crippen LogP contribution in [-0.2, 0) is 9.53 Å². The Hall–Kier alpha value is -2.55. The zero-order chi connectivity index (χ0) is 19.6. The summed E-state index contributed by atoms with van der Waals surface area (Å²) < 4.78 is 4.88. The Morgan fingerprint density at radius 2 is 1.88 bits per heavy atom. The van der Waals surface area contributed by atoms with E-state index in [4.69, 9.17) is 4.74 Å². The largest absolute Gasteiger partial charge is 0.486 e. The molecule has 0 atom stereocenters. The first-order valence-corrected chi connectivity index (χ1v) is 8.88. The molecule has 1 aliphatic rings. The molecule has 1 aliphatic heterocycles. The molecule has 0 saturated carbocycles. The maximum atomic E-state index is 9.82. The van der Waals surface area contributed by atoms with Crippen LogP contribution in [0, 0.1) is 12.3 Å². The minimum atomic E-state index is 0.0612. The molecule has 3 heteroatoms. The average Bonchev–Trinajstić information content (AvgIpc) is 2.62. The molecule has 0 aliphatic carbocycles. The lowest BCUT2D eigenvalue weighted by molar-refractivity contribution is -0.110.